The average molecular weight is 189 g/mol. The molecule has 1 heterocycles. The minimum atomic E-state index is -2.62. The third-order valence-corrected chi connectivity index (χ3v) is 1.46. The molecule has 1 rings (SSSR count). The molecule has 0 saturated heterocycles. The quantitative estimate of drug-likeness (QED) is 0.729. The van der Waals surface area contributed by atoms with Gasteiger partial charge in [-0.05, 0) is 0 Å². The van der Waals surface area contributed by atoms with Crippen molar-refractivity contribution in [2.24, 2.45) is 0 Å². The molecule has 5 heteroatoms. The first kappa shape index (κ1) is 9.70. The highest BCUT2D eigenvalue weighted by molar-refractivity contribution is 5.30. The number of ether oxygens (including phenoxy) is 2. The Morgan fingerprint density at radius 3 is 2.38 bits per heavy atom. The van der Waals surface area contributed by atoms with Crippen molar-refractivity contribution < 1.29 is 18.3 Å². The van der Waals surface area contributed by atoms with E-state index in [0.717, 1.165) is 0 Å². The summed E-state index contributed by atoms with van der Waals surface area (Å²) in [5.74, 6) is 0.428. The van der Waals surface area contributed by atoms with E-state index in [1.807, 2.05) is 0 Å². The normalized spacial score (nSPS) is 10.2. The SMILES string of the molecule is COc1cc(OC)nc(C(F)F)c1. The molecule has 0 N–H and O–H groups in total. The Bertz CT molecular complexity index is 269. The molecule has 0 aliphatic carbocycles. The van der Waals surface area contributed by atoms with Crippen LogP contribution in [-0.2, 0) is 0 Å². The highest BCUT2D eigenvalue weighted by Gasteiger charge is 2.12. The molecule has 0 aliphatic rings. The largest absolute Gasteiger partial charge is 0.496 e. The molecule has 0 radical (unpaired) electrons. The van der Waals surface area contributed by atoms with Gasteiger partial charge in [0, 0.05) is 12.1 Å². The van der Waals surface area contributed by atoms with E-state index in [1.165, 1.54) is 26.4 Å². The second-order valence-electron chi connectivity index (χ2n) is 2.27. The summed E-state index contributed by atoms with van der Waals surface area (Å²) < 4.78 is 34.0. The van der Waals surface area contributed by atoms with Crippen molar-refractivity contribution in [3.8, 4) is 11.6 Å². The van der Waals surface area contributed by atoms with E-state index in [2.05, 4.69) is 4.98 Å². The Kier molecular flexibility index (Phi) is 3.00. The van der Waals surface area contributed by atoms with Crippen molar-refractivity contribution in [2.75, 3.05) is 14.2 Å². The second kappa shape index (κ2) is 4.02. The third-order valence-electron chi connectivity index (χ3n) is 1.46. The van der Waals surface area contributed by atoms with E-state index in [9.17, 15) is 8.78 Å². The molecular formula is C8H9F2NO2. The summed E-state index contributed by atoms with van der Waals surface area (Å²) in [5.41, 5.74) is -0.351. The summed E-state index contributed by atoms with van der Waals surface area (Å²) in [6, 6.07) is 2.61. The van der Waals surface area contributed by atoms with Crippen LogP contribution in [0.4, 0.5) is 8.78 Å². The van der Waals surface area contributed by atoms with E-state index < -0.39 is 6.43 Å². The van der Waals surface area contributed by atoms with E-state index >= 15 is 0 Å². The third kappa shape index (κ3) is 2.27. The Morgan fingerprint density at radius 1 is 1.23 bits per heavy atom. The lowest BCUT2D eigenvalue weighted by Gasteiger charge is -2.05. The molecule has 0 fully saturated rings. The van der Waals surface area contributed by atoms with Crippen LogP contribution in [0.2, 0.25) is 0 Å². The van der Waals surface area contributed by atoms with E-state index in [4.69, 9.17) is 9.47 Å². The number of methoxy groups -OCH3 is 2. The van der Waals surface area contributed by atoms with Crippen molar-refractivity contribution >= 4 is 0 Å². The van der Waals surface area contributed by atoms with Gasteiger partial charge >= 0.3 is 0 Å². The monoisotopic (exact) mass is 189 g/mol. The van der Waals surface area contributed by atoms with Gasteiger partial charge in [0.1, 0.15) is 11.4 Å². The maximum atomic E-state index is 12.2. The van der Waals surface area contributed by atoms with Gasteiger partial charge in [0.2, 0.25) is 5.88 Å². The minimum Gasteiger partial charge on any atom is -0.496 e. The van der Waals surface area contributed by atoms with Gasteiger partial charge in [-0.25, -0.2) is 13.8 Å². The van der Waals surface area contributed by atoms with Gasteiger partial charge in [-0.2, -0.15) is 0 Å². The zero-order valence-corrected chi connectivity index (χ0v) is 7.25. The highest BCUT2D eigenvalue weighted by Crippen LogP contribution is 2.25. The summed E-state index contributed by atoms with van der Waals surface area (Å²) in [7, 11) is 2.75. The second-order valence-corrected chi connectivity index (χ2v) is 2.27. The number of hydrogen-bond donors (Lipinski definition) is 0. The van der Waals surface area contributed by atoms with Crippen LogP contribution >= 0.6 is 0 Å². The van der Waals surface area contributed by atoms with Gasteiger partial charge in [0.15, 0.2) is 0 Å². The first-order chi connectivity index (χ1) is 6.17. The predicted octanol–water partition coefficient (Wildman–Crippen LogP) is 2.04. The van der Waals surface area contributed by atoms with Crippen molar-refractivity contribution in [3.05, 3.63) is 17.8 Å². The van der Waals surface area contributed by atoms with E-state index in [-0.39, 0.29) is 11.6 Å². The number of rotatable bonds is 3. The molecule has 0 aromatic carbocycles. The molecule has 13 heavy (non-hydrogen) atoms. The zero-order valence-electron chi connectivity index (χ0n) is 7.25. The van der Waals surface area contributed by atoms with E-state index in [1.54, 1.807) is 0 Å². The van der Waals surface area contributed by atoms with Crippen LogP contribution < -0.4 is 9.47 Å². The van der Waals surface area contributed by atoms with Crippen LogP contribution in [0, 0.1) is 0 Å². The molecule has 0 aliphatic heterocycles. The number of aromatic nitrogens is 1. The van der Waals surface area contributed by atoms with Crippen LogP contribution in [0.15, 0.2) is 12.1 Å². The molecule has 3 nitrogen and oxygen atoms in total. The number of halogens is 2. The van der Waals surface area contributed by atoms with Gasteiger partial charge in [-0.3, -0.25) is 0 Å². The van der Waals surface area contributed by atoms with Crippen molar-refractivity contribution in [2.45, 2.75) is 6.43 Å². The number of nitrogens with zero attached hydrogens (tertiary/aromatic N) is 1. The fraction of sp³-hybridized carbons (Fsp3) is 0.375. The highest BCUT2D eigenvalue weighted by atomic mass is 19.3. The average Bonchev–Trinajstić information content (AvgIpc) is 2.16. The van der Waals surface area contributed by atoms with Gasteiger partial charge in [0.25, 0.3) is 6.43 Å². The summed E-state index contributed by atoms with van der Waals surface area (Å²) in [4.78, 5) is 3.55. The lowest BCUT2D eigenvalue weighted by Crippen LogP contribution is -1.96. The molecule has 0 amide bonds. The fourth-order valence-corrected chi connectivity index (χ4v) is 0.835. The van der Waals surface area contributed by atoms with Crippen LogP contribution in [0.5, 0.6) is 11.6 Å². The van der Waals surface area contributed by atoms with Gasteiger partial charge in [0.05, 0.1) is 14.2 Å². The number of hydrogen-bond acceptors (Lipinski definition) is 3. The molecule has 0 atom stereocenters. The standard InChI is InChI=1S/C8H9F2NO2/c1-12-5-3-6(8(9)10)11-7(4-5)13-2/h3-4,8H,1-2H3. The Labute approximate surface area is 74.3 Å². The molecule has 0 bridgehead atoms. The lowest BCUT2D eigenvalue weighted by molar-refractivity contribution is 0.144. The molecule has 1 aromatic rings. The maximum Gasteiger partial charge on any atom is 0.280 e. The first-order valence-corrected chi connectivity index (χ1v) is 3.55. The van der Waals surface area contributed by atoms with Crippen LogP contribution in [-0.4, -0.2) is 19.2 Å². The summed E-state index contributed by atoms with van der Waals surface area (Å²) >= 11 is 0. The van der Waals surface area contributed by atoms with Crippen molar-refractivity contribution in [3.63, 3.8) is 0 Å². The molecular weight excluding hydrogens is 180 g/mol. The Hall–Kier alpha value is -1.39. The zero-order chi connectivity index (χ0) is 9.84. The topological polar surface area (TPSA) is 31.4 Å². The van der Waals surface area contributed by atoms with Gasteiger partial charge < -0.3 is 9.47 Å². The van der Waals surface area contributed by atoms with Gasteiger partial charge in [-0.15, -0.1) is 0 Å². The van der Waals surface area contributed by atoms with Crippen molar-refractivity contribution in [1.82, 2.24) is 4.98 Å². The maximum absolute atomic E-state index is 12.2. The molecule has 1 aromatic heterocycles. The molecule has 0 spiro atoms. The van der Waals surface area contributed by atoms with Gasteiger partial charge in [-0.1, -0.05) is 0 Å². The van der Waals surface area contributed by atoms with Crippen LogP contribution in [0.25, 0.3) is 0 Å². The Morgan fingerprint density at radius 2 is 1.92 bits per heavy atom. The van der Waals surface area contributed by atoms with Crippen LogP contribution in [0.1, 0.15) is 12.1 Å². The molecule has 0 unspecified atom stereocenters. The van der Waals surface area contributed by atoms with Crippen molar-refractivity contribution in [1.29, 1.82) is 0 Å². The Balaban J connectivity index is 3.07. The molecule has 72 valence electrons. The van der Waals surface area contributed by atoms with Crippen LogP contribution in [0.3, 0.4) is 0 Å². The predicted molar refractivity (Wildman–Crippen MR) is 42.3 cm³/mol. The number of alkyl halides is 2. The van der Waals surface area contributed by atoms with E-state index in [0.29, 0.717) is 5.75 Å². The minimum absolute atomic E-state index is 0.120. The lowest BCUT2D eigenvalue weighted by atomic mass is 10.3. The summed E-state index contributed by atoms with van der Waals surface area (Å²) in [5, 5.41) is 0. The molecule has 0 saturated carbocycles. The summed E-state index contributed by atoms with van der Waals surface area (Å²) in [6.07, 6.45) is -2.62. The summed E-state index contributed by atoms with van der Waals surface area (Å²) in [6.45, 7) is 0. The first-order valence-electron chi connectivity index (χ1n) is 3.55. The smallest absolute Gasteiger partial charge is 0.280 e. The number of pyridine rings is 1. The fourth-order valence-electron chi connectivity index (χ4n) is 0.835.